The summed E-state index contributed by atoms with van der Waals surface area (Å²) in [7, 11) is 2.77. The quantitative estimate of drug-likeness (QED) is 0.141. The first-order chi connectivity index (χ1) is 15.6. The van der Waals surface area contributed by atoms with Crippen LogP contribution in [0.25, 0.3) is 0 Å². The molecular formula is C20H26N4O9. The van der Waals surface area contributed by atoms with Crippen molar-refractivity contribution in [1.29, 1.82) is 0 Å². The van der Waals surface area contributed by atoms with Crippen molar-refractivity contribution >= 4 is 11.4 Å². The van der Waals surface area contributed by atoms with E-state index in [9.17, 15) is 40.7 Å². The molecule has 180 valence electrons. The number of likely N-dealkylation sites (N-methyl/N-ethyl adjacent to an activating group) is 2. The molecule has 0 aliphatic rings. The van der Waals surface area contributed by atoms with E-state index in [-0.39, 0.29) is 22.5 Å². The Kier molecular flexibility index (Phi) is 9.31. The van der Waals surface area contributed by atoms with Crippen LogP contribution in [0.15, 0.2) is 48.5 Å². The molecule has 0 bridgehead atoms. The summed E-state index contributed by atoms with van der Waals surface area (Å²) in [5.41, 5.74) is 0.0540. The minimum absolute atomic E-state index is 0.210. The second-order valence-electron chi connectivity index (χ2n) is 7.12. The molecule has 0 aliphatic heterocycles. The highest BCUT2D eigenvalue weighted by Crippen LogP contribution is 2.34. The number of aliphatic hydroxyl groups is 4. The monoisotopic (exact) mass is 466 g/mol. The van der Waals surface area contributed by atoms with Crippen LogP contribution in [0.3, 0.4) is 0 Å². The van der Waals surface area contributed by atoms with Gasteiger partial charge in [0.15, 0.2) is 0 Å². The minimum Gasteiger partial charge on any atom is -0.386 e. The molecular weight excluding hydrogens is 440 g/mol. The van der Waals surface area contributed by atoms with E-state index in [1.165, 1.54) is 62.6 Å². The Hall–Kier alpha value is -3.04. The van der Waals surface area contributed by atoms with Crippen molar-refractivity contribution in [1.82, 2.24) is 10.6 Å². The molecule has 0 radical (unpaired) electrons. The van der Waals surface area contributed by atoms with E-state index < -0.39 is 46.7 Å². The van der Waals surface area contributed by atoms with Gasteiger partial charge in [-0.2, -0.15) is 0 Å². The van der Waals surface area contributed by atoms with E-state index in [1.54, 1.807) is 0 Å². The van der Waals surface area contributed by atoms with Crippen LogP contribution in [-0.2, 0) is 4.74 Å². The van der Waals surface area contributed by atoms with Crippen LogP contribution >= 0.6 is 0 Å². The predicted molar refractivity (Wildman–Crippen MR) is 115 cm³/mol. The SMILES string of the molecule is CNC(O)C(O)C(OC(c1ccc([N+](=O)[O-])cc1)C(O)C(O)NC)c1ccc([N+](=O)[O-])cc1. The highest BCUT2D eigenvalue weighted by Gasteiger charge is 2.36. The third-order valence-electron chi connectivity index (χ3n) is 5.02. The standard InChI is InChI=1S/C20H26N4O9/c1-21-19(27)15(25)17(11-3-7-13(8-4-11)23(29)30)33-18(16(26)20(28)22-2)12-5-9-14(10-6-12)24(31)32/h3-10,15-22,25-28H,1-2H3. The Morgan fingerprint density at radius 3 is 1.24 bits per heavy atom. The summed E-state index contributed by atoms with van der Waals surface area (Å²) < 4.78 is 5.95. The van der Waals surface area contributed by atoms with Crippen LogP contribution < -0.4 is 10.6 Å². The van der Waals surface area contributed by atoms with Crippen molar-refractivity contribution in [2.45, 2.75) is 36.9 Å². The molecule has 0 saturated carbocycles. The molecule has 0 spiro atoms. The number of benzene rings is 2. The van der Waals surface area contributed by atoms with Crippen molar-refractivity contribution < 1.29 is 35.0 Å². The average molecular weight is 466 g/mol. The molecule has 13 nitrogen and oxygen atoms in total. The van der Waals surface area contributed by atoms with Gasteiger partial charge in [0, 0.05) is 24.3 Å². The molecule has 6 atom stereocenters. The highest BCUT2D eigenvalue weighted by molar-refractivity contribution is 5.36. The summed E-state index contributed by atoms with van der Waals surface area (Å²) in [6.45, 7) is 0. The van der Waals surface area contributed by atoms with Gasteiger partial charge in [-0.05, 0) is 49.5 Å². The van der Waals surface area contributed by atoms with Crippen LogP contribution in [0.5, 0.6) is 0 Å². The van der Waals surface area contributed by atoms with E-state index in [1.807, 2.05) is 0 Å². The average Bonchev–Trinajstić information content (AvgIpc) is 2.83. The van der Waals surface area contributed by atoms with Crippen LogP contribution in [0.1, 0.15) is 23.3 Å². The molecule has 33 heavy (non-hydrogen) atoms. The Morgan fingerprint density at radius 2 is 1.00 bits per heavy atom. The molecule has 2 aromatic carbocycles. The lowest BCUT2D eigenvalue weighted by molar-refractivity contribution is -0.385. The lowest BCUT2D eigenvalue weighted by Crippen LogP contribution is -2.45. The Labute approximate surface area is 188 Å². The van der Waals surface area contributed by atoms with Gasteiger partial charge in [-0.15, -0.1) is 0 Å². The third-order valence-corrected chi connectivity index (χ3v) is 5.02. The molecule has 0 aromatic heterocycles. The maximum atomic E-state index is 11.0. The van der Waals surface area contributed by atoms with Gasteiger partial charge in [0.1, 0.15) is 36.9 Å². The molecule has 13 heteroatoms. The number of rotatable bonds is 12. The molecule has 0 amide bonds. The number of aliphatic hydroxyl groups excluding tert-OH is 4. The topological polar surface area (TPSA) is 200 Å². The van der Waals surface area contributed by atoms with Crippen molar-refractivity contribution in [2.75, 3.05) is 14.1 Å². The smallest absolute Gasteiger partial charge is 0.269 e. The van der Waals surface area contributed by atoms with E-state index >= 15 is 0 Å². The first kappa shape index (κ1) is 26.2. The molecule has 2 rings (SSSR count). The van der Waals surface area contributed by atoms with Gasteiger partial charge >= 0.3 is 0 Å². The third kappa shape index (κ3) is 6.49. The van der Waals surface area contributed by atoms with Gasteiger partial charge in [-0.3, -0.25) is 30.9 Å². The predicted octanol–water partition coefficient (Wildman–Crippen LogP) is 0.0994. The summed E-state index contributed by atoms with van der Waals surface area (Å²) in [5, 5.41) is 68.5. The number of nitro groups is 2. The number of hydrogen-bond acceptors (Lipinski definition) is 11. The summed E-state index contributed by atoms with van der Waals surface area (Å²) in [6, 6.07) is 10.0. The number of non-ortho nitro benzene ring substituents is 2. The van der Waals surface area contributed by atoms with Gasteiger partial charge in [-0.1, -0.05) is 0 Å². The van der Waals surface area contributed by atoms with Gasteiger partial charge in [0.05, 0.1) is 9.85 Å². The summed E-state index contributed by atoms with van der Waals surface area (Å²) in [4.78, 5) is 20.7. The second kappa shape index (κ2) is 11.7. The van der Waals surface area contributed by atoms with Crippen molar-refractivity contribution in [2.24, 2.45) is 0 Å². The second-order valence-corrected chi connectivity index (χ2v) is 7.12. The summed E-state index contributed by atoms with van der Waals surface area (Å²) >= 11 is 0. The fourth-order valence-corrected chi connectivity index (χ4v) is 3.11. The number of nitrogens with one attached hydrogen (secondary N) is 2. The van der Waals surface area contributed by atoms with Crippen LogP contribution in [0, 0.1) is 20.2 Å². The van der Waals surface area contributed by atoms with E-state index in [0.29, 0.717) is 0 Å². The fraction of sp³-hybridized carbons (Fsp3) is 0.400. The van der Waals surface area contributed by atoms with Crippen molar-refractivity contribution in [3.05, 3.63) is 79.9 Å². The first-order valence-electron chi connectivity index (χ1n) is 9.81. The Bertz CT molecular complexity index is 851. The number of hydrogen-bond donors (Lipinski definition) is 6. The molecule has 0 fully saturated rings. The van der Waals surface area contributed by atoms with E-state index in [0.717, 1.165) is 0 Å². The zero-order valence-electron chi connectivity index (χ0n) is 17.8. The molecule has 6 N–H and O–H groups in total. The van der Waals surface area contributed by atoms with Crippen LogP contribution in [-0.4, -0.2) is 69.0 Å². The number of nitro benzene ring substituents is 2. The van der Waals surface area contributed by atoms with Gasteiger partial charge < -0.3 is 25.2 Å². The van der Waals surface area contributed by atoms with Crippen LogP contribution in [0.2, 0.25) is 0 Å². The lowest BCUT2D eigenvalue weighted by atomic mass is 9.99. The van der Waals surface area contributed by atoms with Gasteiger partial charge in [0.25, 0.3) is 11.4 Å². The lowest BCUT2D eigenvalue weighted by Gasteiger charge is -2.34. The van der Waals surface area contributed by atoms with Crippen molar-refractivity contribution in [3.63, 3.8) is 0 Å². The van der Waals surface area contributed by atoms with Gasteiger partial charge in [0.2, 0.25) is 0 Å². The van der Waals surface area contributed by atoms with E-state index in [2.05, 4.69) is 10.6 Å². The van der Waals surface area contributed by atoms with Crippen molar-refractivity contribution in [3.8, 4) is 0 Å². The Morgan fingerprint density at radius 1 is 0.697 bits per heavy atom. The zero-order chi connectivity index (χ0) is 24.7. The normalized spacial score (nSPS) is 16.9. The zero-order valence-corrected chi connectivity index (χ0v) is 17.8. The molecule has 2 aromatic rings. The number of ether oxygens (including phenoxy) is 1. The Balaban J connectivity index is 2.50. The van der Waals surface area contributed by atoms with Gasteiger partial charge in [-0.25, -0.2) is 0 Å². The number of nitrogens with zero attached hydrogens (tertiary/aromatic N) is 2. The summed E-state index contributed by atoms with van der Waals surface area (Å²) in [6.07, 6.45) is -8.81. The van der Waals surface area contributed by atoms with E-state index in [4.69, 9.17) is 4.74 Å². The maximum absolute atomic E-state index is 11.0. The molecule has 0 saturated heterocycles. The fourth-order valence-electron chi connectivity index (χ4n) is 3.11. The summed E-state index contributed by atoms with van der Waals surface area (Å²) in [5.74, 6) is 0. The first-order valence-corrected chi connectivity index (χ1v) is 9.81. The molecule has 6 unspecified atom stereocenters. The maximum Gasteiger partial charge on any atom is 0.269 e. The largest absolute Gasteiger partial charge is 0.386 e. The molecule has 0 aliphatic carbocycles. The highest BCUT2D eigenvalue weighted by atomic mass is 16.6. The minimum atomic E-state index is -1.60. The van der Waals surface area contributed by atoms with Crippen LogP contribution in [0.4, 0.5) is 11.4 Å². The molecule has 0 heterocycles.